The SMILES string of the molecule is CCCNC(C)(CSCCC(C)C)C(=O)OC. The van der Waals surface area contributed by atoms with Gasteiger partial charge in [-0.3, -0.25) is 4.79 Å². The van der Waals surface area contributed by atoms with Crippen LogP contribution in [0.2, 0.25) is 0 Å². The molecule has 1 unspecified atom stereocenters. The summed E-state index contributed by atoms with van der Waals surface area (Å²) in [6.07, 6.45) is 2.21. The van der Waals surface area contributed by atoms with E-state index in [-0.39, 0.29) is 5.97 Å². The van der Waals surface area contributed by atoms with Crippen molar-refractivity contribution < 1.29 is 9.53 Å². The van der Waals surface area contributed by atoms with Crippen molar-refractivity contribution in [3.05, 3.63) is 0 Å². The quantitative estimate of drug-likeness (QED) is 0.511. The molecule has 0 aliphatic heterocycles. The molecule has 0 aliphatic rings. The Morgan fingerprint density at radius 3 is 2.59 bits per heavy atom. The normalized spacial score (nSPS) is 14.7. The Kier molecular flexibility index (Phi) is 8.70. The molecule has 0 heterocycles. The van der Waals surface area contributed by atoms with Crippen LogP contribution in [-0.4, -0.2) is 36.7 Å². The van der Waals surface area contributed by atoms with Crippen molar-refractivity contribution in [2.75, 3.05) is 25.2 Å². The van der Waals surface area contributed by atoms with E-state index in [2.05, 4.69) is 26.1 Å². The van der Waals surface area contributed by atoms with Crippen molar-refractivity contribution in [2.45, 2.75) is 46.1 Å². The number of thioether (sulfide) groups is 1. The first kappa shape index (κ1) is 16.8. The minimum absolute atomic E-state index is 0.164. The van der Waals surface area contributed by atoms with E-state index >= 15 is 0 Å². The third-order valence-corrected chi connectivity index (χ3v) is 3.94. The molecule has 1 atom stereocenters. The summed E-state index contributed by atoms with van der Waals surface area (Å²) in [7, 11) is 1.45. The Morgan fingerprint density at radius 1 is 1.47 bits per heavy atom. The molecule has 4 heteroatoms. The van der Waals surface area contributed by atoms with Gasteiger partial charge in [-0.05, 0) is 38.0 Å². The maximum absolute atomic E-state index is 11.8. The molecule has 17 heavy (non-hydrogen) atoms. The second kappa shape index (κ2) is 8.81. The second-order valence-corrected chi connectivity index (χ2v) is 6.09. The molecule has 0 bridgehead atoms. The monoisotopic (exact) mass is 261 g/mol. The van der Waals surface area contributed by atoms with E-state index in [4.69, 9.17) is 4.74 Å². The fourth-order valence-electron chi connectivity index (χ4n) is 1.40. The van der Waals surface area contributed by atoms with Crippen LogP contribution in [0.4, 0.5) is 0 Å². The summed E-state index contributed by atoms with van der Waals surface area (Å²) in [5, 5.41) is 3.29. The highest BCUT2D eigenvalue weighted by molar-refractivity contribution is 7.99. The van der Waals surface area contributed by atoms with Crippen LogP contribution in [-0.2, 0) is 9.53 Å². The molecule has 0 saturated heterocycles. The van der Waals surface area contributed by atoms with Crippen LogP contribution < -0.4 is 5.32 Å². The lowest BCUT2D eigenvalue weighted by molar-refractivity contribution is -0.146. The van der Waals surface area contributed by atoms with Gasteiger partial charge in [0, 0.05) is 5.75 Å². The molecule has 1 N–H and O–H groups in total. The van der Waals surface area contributed by atoms with Gasteiger partial charge < -0.3 is 10.1 Å². The molecule has 0 aromatic rings. The van der Waals surface area contributed by atoms with Gasteiger partial charge in [-0.2, -0.15) is 11.8 Å². The van der Waals surface area contributed by atoms with E-state index in [0.29, 0.717) is 0 Å². The van der Waals surface area contributed by atoms with E-state index in [1.54, 1.807) is 0 Å². The predicted octanol–water partition coefficient (Wildman–Crippen LogP) is 2.70. The number of carbonyl (C=O) groups excluding carboxylic acids is 1. The first-order valence-corrected chi connectivity index (χ1v) is 7.53. The maximum Gasteiger partial charge on any atom is 0.326 e. The molecule has 0 aromatic heterocycles. The van der Waals surface area contributed by atoms with Crippen molar-refractivity contribution in [3.8, 4) is 0 Å². The second-order valence-electron chi connectivity index (χ2n) is 4.99. The molecule has 3 nitrogen and oxygen atoms in total. The van der Waals surface area contributed by atoms with Crippen molar-refractivity contribution in [2.24, 2.45) is 5.92 Å². The summed E-state index contributed by atoms with van der Waals surface area (Å²) in [5.74, 6) is 2.42. The van der Waals surface area contributed by atoms with Crippen LogP contribution in [0.25, 0.3) is 0 Å². The zero-order chi connectivity index (χ0) is 13.3. The van der Waals surface area contributed by atoms with Crippen LogP contribution in [0, 0.1) is 5.92 Å². The van der Waals surface area contributed by atoms with Gasteiger partial charge in [0.25, 0.3) is 0 Å². The molecule has 0 amide bonds. The maximum atomic E-state index is 11.8. The fraction of sp³-hybridized carbons (Fsp3) is 0.923. The Labute approximate surface area is 110 Å². The molecule has 0 spiro atoms. The molecule has 0 rings (SSSR count). The number of ether oxygens (including phenoxy) is 1. The summed E-state index contributed by atoms with van der Waals surface area (Å²) in [6.45, 7) is 9.30. The van der Waals surface area contributed by atoms with Crippen LogP contribution in [0.5, 0.6) is 0 Å². The highest BCUT2D eigenvalue weighted by atomic mass is 32.2. The summed E-state index contributed by atoms with van der Waals surface area (Å²) in [6, 6.07) is 0. The molecule has 0 fully saturated rings. The van der Waals surface area contributed by atoms with Crippen molar-refractivity contribution >= 4 is 17.7 Å². The predicted molar refractivity (Wildman–Crippen MR) is 75.5 cm³/mol. The third-order valence-electron chi connectivity index (χ3n) is 2.63. The minimum Gasteiger partial charge on any atom is -0.468 e. The smallest absolute Gasteiger partial charge is 0.326 e. The van der Waals surface area contributed by atoms with Crippen molar-refractivity contribution in [1.82, 2.24) is 5.32 Å². The average Bonchev–Trinajstić information content (AvgIpc) is 2.30. The summed E-state index contributed by atoms with van der Waals surface area (Å²) in [5.41, 5.74) is -0.549. The summed E-state index contributed by atoms with van der Waals surface area (Å²) >= 11 is 1.82. The summed E-state index contributed by atoms with van der Waals surface area (Å²) in [4.78, 5) is 11.8. The van der Waals surface area contributed by atoms with Gasteiger partial charge in [0.05, 0.1) is 7.11 Å². The molecular weight excluding hydrogens is 234 g/mol. The number of esters is 1. The van der Waals surface area contributed by atoms with E-state index in [0.717, 1.165) is 30.4 Å². The standard InChI is InChI=1S/C13H27NO2S/c1-6-8-14-13(4,12(15)16-5)10-17-9-7-11(2)3/h11,14H,6-10H2,1-5H3. The molecule has 0 aliphatic carbocycles. The van der Waals surface area contributed by atoms with E-state index in [1.807, 2.05) is 18.7 Å². The fourth-order valence-corrected chi connectivity index (χ4v) is 2.81. The highest BCUT2D eigenvalue weighted by Crippen LogP contribution is 2.17. The van der Waals surface area contributed by atoms with E-state index in [9.17, 15) is 4.79 Å². The van der Waals surface area contributed by atoms with Crippen LogP contribution in [0.15, 0.2) is 0 Å². The van der Waals surface area contributed by atoms with E-state index < -0.39 is 5.54 Å². The van der Waals surface area contributed by atoms with Gasteiger partial charge in [-0.15, -0.1) is 0 Å². The molecule has 0 radical (unpaired) electrons. The zero-order valence-electron chi connectivity index (χ0n) is 11.8. The van der Waals surface area contributed by atoms with Gasteiger partial charge in [-0.25, -0.2) is 0 Å². The van der Waals surface area contributed by atoms with Gasteiger partial charge >= 0.3 is 5.97 Å². The van der Waals surface area contributed by atoms with Gasteiger partial charge in [0.1, 0.15) is 5.54 Å². The van der Waals surface area contributed by atoms with Gasteiger partial charge in [-0.1, -0.05) is 20.8 Å². The molecule has 0 aromatic carbocycles. The number of rotatable bonds is 9. The topological polar surface area (TPSA) is 38.3 Å². The largest absolute Gasteiger partial charge is 0.468 e. The molecular formula is C13H27NO2S. The Hall–Kier alpha value is -0.220. The lowest BCUT2D eigenvalue weighted by atomic mass is 10.1. The Morgan fingerprint density at radius 2 is 2.12 bits per heavy atom. The number of nitrogens with one attached hydrogen (secondary N) is 1. The number of hydrogen-bond donors (Lipinski definition) is 1. The Balaban J connectivity index is 4.14. The van der Waals surface area contributed by atoms with Crippen LogP contribution in [0.3, 0.4) is 0 Å². The lowest BCUT2D eigenvalue weighted by Gasteiger charge is -2.27. The van der Waals surface area contributed by atoms with Crippen LogP contribution in [0.1, 0.15) is 40.5 Å². The molecule has 0 saturated carbocycles. The Bertz CT molecular complexity index is 221. The third kappa shape index (κ3) is 6.94. The average molecular weight is 261 g/mol. The van der Waals surface area contributed by atoms with Gasteiger partial charge in [0.2, 0.25) is 0 Å². The minimum atomic E-state index is -0.549. The van der Waals surface area contributed by atoms with Crippen molar-refractivity contribution in [3.63, 3.8) is 0 Å². The lowest BCUT2D eigenvalue weighted by Crippen LogP contribution is -2.52. The highest BCUT2D eigenvalue weighted by Gasteiger charge is 2.33. The molecule has 102 valence electrons. The summed E-state index contributed by atoms with van der Waals surface area (Å²) < 4.78 is 4.88. The zero-order valence-corrected chi connectivity index (χ0v) is 12.7. The number of methoxy groups -OCH3 is 1. The first-order chi connectivity index (χ1) is 7.96. The van der Waals surface area contributed by atoms with Crippen LogP contribution >= 0.6 is 11.8 Å². The number of carbonyl (C=O) groups is 1. The van der Waals surface area contributed by atoms with Gasteiger partial charge in [0.15, 0.2) is 0 Å². The number of hydrogen-bond acceptors (Lipinski definition) is 4. The first-order valence-electron chi connectivity index (χ1n) is 6.37. The van der Waals surface area contributed by atoms with Crippen molar-refractivity contribution in [1.29, 1.82) is 0 Å². The van der Waals surface area contributed by atoms with E-state index in [1.165, 1.54) is 13.5 Å².